The predicted molar refractivity (Wildman–Crippen MR) is 74.3 cm³/mol. The van der Waals surface area contributed by atoms with Gasteiger partial charge in [0.25, 0.3) is 0 Å². The molecule has 102 valence electrons. The topological polar surface area (TPSA) is 46.3 Å². The number of nitrogens with zero attached hydrogens (tertiary/aromatic N) is 1. The van der Waals surface area contributed by atoms with Crippen LogP contribution < -0.4 is 5.73 Å². The summed E-state index contributed by atoms with van der Waals surface area (Å²) in [5.41, 5.74) is 6.00. The third-order valence-electron chi connectivity index (χ3n) is 3.65. The lowest BCUT2D eigenvalue weighted by Crippen LogP contribution is -2.42. The van der Waals surface area contributed by atoms with Crippen molar-refractivity contribution in [1.82, 2.24) is 4.90 Å². The fourth-order valence-corrected chi connectivity index (χ4v) is 2.47. The Balaban J connectivity index is 0.00000256. The number of carbonyl (C=O) groups is 1. The van der Waals surface area contributed by atoms with Gasteiger partial charge >= 0.3 is 0 Å². The Labute approximate surface area is 112 Å². The molecule has 0 aliphatic carbocycles. The number of nitrogens with two attached hydrogens (primary N) is 1. The van der Waals surface area contributed by atoms with E-state index in [4.69, 9.17) is 5.73 Å². The number of hydrogen-bond acceptors (Lipinski definition) is 2. The molecule has 0 aromatic heterocycles. The van der Waals surface area contributed by atoms with E-state index in [0.29, 0.717) is 5.41 Å². The van der Waals surface area contributed by atoms with Gasteiger partial charge in [-0.1, -0.05) is 20.8 Å². The van der Waals surface area contributed by atoms with E-state index in [0.717, 1.165) is 31.8 Å². The minimum atomic E-state index is -0.355. The molecular formula is C13H27ClN2O. The maximum atomic E-state index is 11.8. The highest BCUT2D eigenvalue weighted by atomic mass is 35.5. The first-order chi connectivity index (χ1) is 7.32. The van der Waals surface area contributed by atoms with Gasteiger partial charge in [0.05, 0.1) is 6.04 Å². The monoisotopic (exact) mass is 262 g/mol. The number of amides is 1. The van der Waals surface area contributed by atoms with Gasteiger partial charge < -0.3 is 10.6 Å². The summed E-state index contributed by atoms with van der Waals surface area (Å²) in [5.74, 6) is 0.827. The van der Waals surface area contributed by atoms with Crippen LogP contribution in [0.2, 0.25) is 0 Å². The molecule has 0 aromatic rings. The van der Waals surface area contributed by atoms with Gasteiger partial charge in [-0.15, -0.1) is 12.4 Å². The molecule has 17 heavy (non-hydrogen) atoms. The zero-order valence-corrected chi connectivity index (χ0v) is 12.3. The van der Waals surface area contributed by atoms with E-state index in [1.807, 2.05) is 4.90 Å². The molecule has 0 saturated carbocycles. The van der Waals surface area contributed by atoms with Crippen molar-refractivity contribution in [3.8, 4) is 0 Å². The average Bonchev–Trinajstić information content (AvgIpc) is 2.40. The number of carbonyl (C=O) groups excluding carboxylic acids is 1. The van der Waals surface area contributed by atoms with Crippen molar-refractivity contribution >= 4 is 18.3 Å². The van der Waals surface area contributed by atoms with Crippen LogP contribution in [0.1, 0.15) is 47.0 Å². The van der Waals surface area contributed by atoms with Crippen LogP contribution in [-0.2, 0) is 4.79 Å². The zero-order chi connectivity index (χ0) is 12.3. The fraction of sp³-hybridized carbons (Fsp3) is 0.923. The molecule has 3 nitrogen and oxygen atoms in total. The number of hydrogen-bond donors (Lipinski definition) is 1. The summed E-state index contributed by atoms with van der Waals surface area (Å²) in [4.78, 5) is 13.7. The largest absolute Gasteiger partial charge is 0.341 e. The van der Waals surface area contributed by atoms with Crippen LogP contribution in [0, 0.1) is 11.3 Å². The fourth-order valence-electron chi connectivity index (χ4n) is 2.47. The Morgan fingerprint density at radius 1 is 1.29 bits per heavy atom. The molecule has 1 aliphatic rings. The second-order valence-corrected chi connectivity index (χ2v) is 6.11. The van der Waals surface area contributed by atoms with Gasteiger partial charge in [0.2, 0.25) is 5.91 Å². The first-order valence-electron chi connectivity index (χ1n) is 6.36. The smallest absolute Gasteiger partial charge is 0.239 e. The Hall–Kier alpha value is -0.280. The summed E-state index contributed by atoms with van der Waals surface area (Å²) < 4.78 is 0. The van der Waals surface area contributed by atoms with Crippen LogP contribution >= 0.6 is 12.4 Å². The molecule has 2 unspecified atom stereocenters. The molecule has 0 spiro atoms. The van der Waals surface area contributed by atoms with Gasteiger partial charge in [-0.05, 0) is 37.5 Å². The summed E-state index contributed by atoms with van der Waals surface area (Å²) in [7, 11) is 0. The molecule has 0 bridgehead atoms. The summed E-state index contributed by atoms with van der Waals surface area (Å²) in [6.45, 7) is 10.4. The van der Waals surface area contributed by atoms with Crippen molar-refractivity contribution in [3.63, 3.8) is 0 Å². The summed E-state index contributed by atoms with van der Waals surface area (Å²) in [6.07, 6.45) is 3.45. The minimum absolute atomic E-state index is 0. The van der Waals surface area contributed by atoms with Gasteiger partial charge in [0.1, 0.15) is 0 Å². The molecule has 1 heterocycles. The maximum absolute atomic E-state index is 11.8. The van der Waals surface area contributed by atoms with E-state index in [1.165, 1.54) is 6.42 Å². The zero-order valence-electron chi connectivity index (χ0n) is 11.5. The first kappa shape index (κ1) is 16.7. The molecule has 1 aliphatic heterocycles. The van der Waals surface area contributed by atoms with Crippen LogP contribution in [-0.4, -0.2) is 29.9 Å². The van der Waals surface area contributed by atoms with E-state index >= 15 is 0 Å². The van der Waals surface area contributed by atoms with Crippen molar-refractivity contribution in [2.45, 2.75) is 53.0 Å². The van der Waals surface area contributed by atoms with Crippen molar-refractivity contribution in [2.75, 3.05) is 13.1 Å². The number of likely N-dealkylation sites (tertiary alicyclic amines) is 1. The predicted octanol–water partition coefficient (Wildman–Crippen LogP) is 2.43. The normalized spacial score (nSPS) is 23.6. The van der Waals surface area contributed by atoms with Gasteiger partial charge in [-0.25, -0.2) is 0 Å². The van der Waals surface area contributed by atoms with E-state index in [-0.39, 0.29) is 24.4 Å². The standard InChI is InChI=1S/C13H26N2O.ClH/c1-10(14)12(16)15-8-5-6-11(7-9-15)13(2,3)4;/h10-11H,5-9,14H2,1-4H3;1H. The molecule has 1 amide bonds. The van der Waals surface area contributed by atoms with Gasteiger partial charge in [-0.3, -0.25) is 4.79 Å². The lowest BCUT2D eigenvalue weighted by molar-refractivity contribution is -0.132. The Kier molecular flexibility index (Phi) is 6.49. The number of halogens is 1. The van der Waals surface area contributed by atoms with E-state index in [9.17, 15) is 4.79 Å². The van der Waals surface area contributed by atoms with Crippen LogP contribution in [0.5, 0.6) is 0 Å². The molecule has 2 atom stereocenters. The summed E-state index contributed by atoms with van der Waals surface area (Å²) >= 11 is 0. The van der Waals surface area contributed by atoms with Crippen molar-refractivity contribution in [2.24, 2.45) is 17.1 Å². The summed E-state index contributed by atoms with van der Waals surface area (Å²) in [6, 6.07) is -0.355. The molecule has 4 heteroatoms. The number of rotatable bonds is 1. The summed E-state index contributed by atoms with van der Waals surface area (Å²) in [5, 5.41) is 0. The molecule has 1 saturated heterocycles. The third-order valence-corrected chi connectivity index (χ3v) is 3.65. The molecule has 1 rings (SSSR count). The maximum Gasteiger partial charge on any atom is 0.239 e. The minimum Gasteiger partial charge on any atom is -0.341 e. The van der Waals surface area contributed by atoms with Crippen molar-refractivity contribution in [3.05, 3.63) is 0 Å². The van der Waals surface area contributed by atoms with Crippen molar-refractivity contribution in [1.29, 1.82) is 0 Å². The van der Waals surface area contributed by atoms with Gasteiger partial charge in [0, 0.05) is 13.1 Å². The van der Waals surface area contributed by atoms with Crippen LogP contribution in [0.25, 0.3) is 0 Å². The molecule has 0 radical (unpaired) electrons. The van der Waals surface area contributed by atoms with Crippen LogP contribution in [0.3, 0.4) is 0 Å². The van der Waals surface area contributed by atoms with E-state index < -0.39 is 0 Å². The quantitative estimate of drug-likeness (QED) is 0.789. The second-order valence-electron chi connectivity index (χ2n) is 6.11. The highest BCUT2D eigenvalue weighted by Gasteiger charge is 2.28. The molecule has 0 aromatic carbocycles. The van der Waals surface area contributed by atoms with Gasteiger partial charge in [0.15, 0.2) is 0 Å². The third kappa shape index (κ3) is 4.84. The molecule has 1 fully saturated rings. The van der Waals surface area contributed by atoms with Crippen LogP contribution in [0.15, 0.2) is 0 Å². The Morgan fingerprint density at radius 2 is 1.88 bits per heavy atom. The Morgan fingerprint density at radius 3 is 2.35 bits per heavy atom. The molecule has 2 N–H and O–H groups in total. The average molecular weight is 263 g/mol. The van der Waals surface area contributed by atoms with E-state index in [2.05, 4.69) is 20.8 Å². The molecular weight excluding hydrogens is 236 g/mol. The van der Waals surface area contributed by atoms with Crippen molar-refractivity contribution < 1.29 is 4.79 Å². The second kappa shape index (κ2) is 6.60. The highest BCUT2D eigenvalue weighted by Crippen LogP contribution is 2.34. The van der Waals surface area contributed by atoms with E-state index in [1.54, 1.807) is 6.92 Å². The first-order valence-corrected chi connectivity index (χ1v) is 6.36. The lowest BCUT2D eigenvalue weighted by Gasteiger charge is -2.30. The Bertz CT molecular complexity index is 248. The van der Waals surface area contributed by atoms with Crippen LogP contribution in [0.4, 0.5) is 0 Å². The van der Waals surface area contributed by atoms with Gasteiger partial charge in [-0.2, -0.15) is 0 Å². The SMILES string of the molecule is CC(N)C(=O)N1CCCC(C(C)(C)C)CC1.Cl. The highest BCUT2D eigenvalue weighted by molar-refractivity contribution is 5.85. The lowest BCUT2D eigenvalue weighted by atomic mass is 9.77.